The number of benzene rings is 1. The van der Waals surface area contributed by atoms with Crippen LogP contribution in [0, 0.1) is 11.6 Å². The topological polar surface area (TPSA) is 64.1 Å². The number of aromatic nitrogens is 2. The smallest absolute Gasteiger partial charge is 0.270 e. The highest BCUT2D eigenvalue weighted by molar-refractivity contribution is 5.94. The van der Waals surface area contributed by atoms with Crippen LogP contribution in [-0.4, -0.2) is 23.0 Å². The van der Waals surface area contributed by atoms with Gasteiger partial charge in [-0.25, -0.2) is 13.8 Å². The van der Waals surface area contributed by atoms with Gasteiger partial charge in [-0.05, 0) is 30.3 Å². The highest BCUT2D eigenvalue weighted by atomic mass is 19.1. The van der Waals surface area contributed by atoms with Gasteiger partial charge in [0.25, 0.3) is 5.91 Å². The summed E-state index contributed by atoms with van der Waals surface area (Å²) >= 11 is 0. The Bertz CT molecular complexity index is 915. The minimum absolute atomic E-state index is 0.0114. The zero-order valence-electron chi connectivity index (χ0n) is 12.7. The van der Waals surface area contributed by atoms with E-state index >= 15 is 0 Å². The maximum atomic E-state index is 14.0. The number of hydrogen-bond donors (Lipinski definition) is 1. The summed E-state index contributed by atoms with van der Waals surface area (Å²) in [6, 6.07) is 8.59. The van der Waals surface area contributed by atoms with Crippen molar-refractivity contribution in [2.75, 3.05) is 7.11 Å². The first kappa shape index (κ1) is 15.8. The molecule has 0 fully saturated rings. The molecule has 3 aromatic rings. The molecule has 0 saturated heterocycles. The van der Waals surface area contributed by atoms with Gasteiger partial charge in [0.15, 0.2) is 11.6 Å². The molecule has 0 saturated carbocycles. The zero-order chi connectivity index (χ0) is 17.1. The van der Waals surface area contributed by atoms with E-state index in [9.17, 15) is 13.6 Å². The van der Waals surface area contributed by atoms with Crippen molar-refractivity contribution >= 4 is 16.9 Å². The second-order valence-corrected chi connectivity index (χ2v) is 5.00. The van der Waals surface area contributed by atoms with Crippen molar-refractivity contribution in [3.63, 3.8) is 0 Å². The molecular weight excluding hydrogens is 316 g/mol. The average Bonchev–Trinajstić information content (AvgIpc) is 2.61. The standard InChI is InChI=1S/C17H13F2N3O2/c1-24-15-8-11(18)7-10(16(15)19)9-21-17(23)14-5-4-12-13(22-14)3-2-6-20-12/h2-8H,9H2,1H3,(H,21,23). The highest BCUT2D eigenvalue weighted by Gasteiger charge is 2.14. The Balaban J connectivity index is 1.78. The number of hydrogen-bond acceptors (Lipinski definition) is 4. The Hall–Kier alpha value is -3.09. The van der Waals surface area contributed by atoms with Crippen LogP contribution in [0.4, 0.5) is 8.78 Å². The first-order chi connectivity index (χ1) is 11.6. The average molecular weight is 329 g/mol. The molecule has 0 atom stereocenters. The minimum atomic E-state index is -0.713. The number of pyridine rings is 2. The predicted molar refractivity (Wildman–Crippen MR) is 83.6 cm³/mol. The van der Waals surface area contributed by atoms with E-state index in [0.717, 1.165) is 12.1 Å². The molecule has 0 aliphatic rings. The summed E-state index contributed by atoms with van der Waals surface area (Å²) in [5.41, 5.74) is 1.39. The number of halogens is 2. The molecule has 2 heterocycles. The van der Waals surface area contributed by atoms with Gasteiger partial charge in [0.2, 0.25) is 0 Å². The summed E-state index contributed by atoms with van der Waals surface area (Å²) in [7, 11) is 1.24. The van der Waals surface area contributed by atoms with Crippen molar-refractivity contribution < 1.29 is 18.3 Å². The van der Waals surface area contributed by atoms with E-state index in [1.807, 2.05) is 0 Å². The number of fused-ring (bicyclic) bond motifs is 1. The van der Waals surface area contributed by atoms with Crippen LogP contribution < -0.4 is 10.1 Å². The number of rotatable bonds is 4. The Labute approximate surface area is 136 Å². The molecule has 0 aliphatic heterocycles. The number of methoxy groups -OCH3 is 1. The second kappa shape index (κ2) is 6.57. The van der Waals surface area contributed by atoms with Crippen LogP contribution in [0.3, 0.4) is 0 Å². The van der Waals surface area contributed by atoms with Crippen molar-refractivity contribution in [3.8, 4) is 5.75 Å². The van der Waals surface area contributed by atoms with Gasteiger partial charge >= 0.3 is 0 Å². The molecule has 0 spiro atoms. The molecule has 0 bridgehead atoms. The summed E-state index contributed by atoms with van der Waals surface area (Å²) in [4.78, 5) is 20.5. The monoisotopic (exact) mass is 329 g/mol. The molecule has 1 N–H and O–H groups in total. The lowest BCUT2D eigenvalue weighted by atomic mass is 10.2. The lowest BCUT2D eigenvalue weighted by molar-refractivity contribution is 0.0946. The van der Waals surface area contributed by atoms with Crippen molar-refractivity contribution in [3.05, 3.63) is 65.5 Å². The third-order valence-electron chi connectivity index (χ3n) is 3.43. The fourth-order valence-electron chi connectivity index (χ4n) is 2.24. The Morgan fingerprint density at radius 1 is 1.21 bits per heavy atom. The molecule has 24 heavy (non-hydrogen) atoms. The van der Waals surface area contributed by atoms with Gasteiger partial charge in [0.05, 0.1) is 18.1 Å². The van der Waals surface area contributed by atoms with E-state index in [-0.39, 0.29) is 23.6 Å². The van der Waals surface area contributed by atoms with Crippen LogP contribution in [0.25, 0.3) is 11.0 Å². The lowest BCUT2D eigenvalue weighted by Crippen LogP contribution is -2.24. The van der Waals surface area contributed by atoms with E-state index in [0.29, 0.717) is 11.0 Å². The first-order valence-corrected chi connectivity index (χ1v) is 7.10. The number of nitrogens with one attached hydrogen (secondary N) is 1. The molecule has 0 aliphatic carbocycles. The number of nitrogens with zero attached hydrogens (tertiary/aromatic N) is 2. The van der Waals surface area contributed by atoms with Gasteiger partial charge in [-0.1, -0.05) is 0 Å². The van der Waals surface area contributed by atoms with Crippen LogP contribution in [0.2, 0.25) is 0 Å². The van der Waals surface area contributed by atoms with Crippen molar-refractivity contribution in [2.45, 2.75) is 6.54 Å². The highest BCUT2D eigenvalue weighted by Crippen LogP contribution is 2.22. The zero-order valence-corrected chi connectivity index (χ0v) is 12.7. The van der Waals surface area contributed by atoms with Gasteiger partial charge in [-0.2, -0.15) is 0 Å². The number of ether oxygens (including phenoxy) is 1. The first-order valence-electron chi connectivity index (χ1n) is 7.10. The Kier molecular flexibility index (Phi) is 4.33. The van der Waals surface area contributed by atoms with E-state index in [4.69, 9.17) is 4.74 Å². The fraction of sp³-hybridized carbons (Fsp3) is 0.118. The van der Waals surface area contributed by atoms with Crippen LogP contribution in [-0.2, 0) is 6.54 Å². The molecule has 0 radical (unpaired) electrons. The van der Waals surface area contributed by atoms with E-state index in [2.05, 4.69) is 15.3 Å². The molecule has 3 rings (SSSR count). The third kappa shape index (κ3) is 3.15. The molecule has 1 aromatic carbocycles. The van der Waals surface area contributed by atoms with E-state index < -0.39 is 17.5 Å². The van der Waals surface area contributed by atoms with Crippen LogP contribution in [0.5, 0.6) is 5.75 Å². The molecule has 5 nitrogen and oxygen atoms in total. The minimum Gasteiger partial charge on any atom is -0.494 e. The SMILES string of the molecule is COc1cc(F)cc(CNC(=O)c2ccc3ncccc3n2)c1F. The number of carbonyl (C=O) groups is 1. The predicted octanol–water partition coefficient (Wildman–Crippen LogP) is 2.85. The Morgan fingerprint density at radius 3 is 2.83 bits per heavy atom. The van der Waals surface area contributed by atoms with Gasteiger partial charge < -0.3 is 10.1 Å². The molecular formula is C17H13F2N3O2. The van der Waals surface area contributed by atoms with Gasteiger partial charge in [0.1, 0.15) is 11.5 Å². The van der Waals surface area contributed by atoms with Crippen LogP contribution in [0.15, 0.2) is 42.6 Å². The van der Waals surface area contributed by atoms with Gasteiger partial charge in [-0.3, -0.25) is 9.78 Å². The van der Waals surface area contributed by atoms with E-state index in [1.54, 1.807) is 24.4 Å². The molecule has 2 aromatic heterocycles. The summed E-state index contributed by atoms with van der Waals surface area (Å²) in [6.07, 6.45) is 1.63. The third-order valence-corrected chi connectivity index (χ3v) is 3.43. The van der Waals surface area contributed by atoms with Gasteiger partial charge in [-0.15, -0.1) is 0 Å². The van der Waals surface area contributed by atoms with Crippen LogP contribution >= 0.6 is 0 Å². The maximum Gasteiger partial charge on any atom is 0.270 e. The van der Waals surface area contributed by atoms with Crippen molar-refractivity contribution in [1.29, 1.82) is 0 Å². The quantitative estimate of drug-likeness (QED) is 0.799. The maximum absolute atomic E-state index is 14.0. The van der Waals surface area contributed by atoms with Crippen molar-refractivity contribution in [2.24, 2.45) is 0 Å². The largest absolute Gasteiger partial charge is 0.494 e. The molecule has 0 unspecified atom stereocenters. The summed E-state index contributed by atoms with van der Waals surface area (Å²) < 4.78 is 32.2. The van der Waals surface area contributed by atoms with Gasteiger partial charge in [0, 0.05) is 24.4 Å². The second-order valence-electron chi connectivity index (χ2n) is 5.00. The van der Waals surface area contributed by atoms with E-state index in [1.165, 1.54) is 13.2 Å². The number of carbonyl (C=O) groups excluding carboxylic acids is 1. The summed E-state index contributed by atoms with van der Waals surface area (Å²) in [5, 5.41) is 2.52. The van der Waals surface area contributed by atoms with Crippen molar-refractivity contribution in [1.82, 2.24) is 15.3 Å². The fourth-order valence-corrected chi connectivity index (χ4v) is 2.24. The Morgan fingerprint density at radius 2 is 2.04 bits per heavy atom. The number of amides is 1. The summed E-state index contributed by atoms with van der Waals surface area (Å²) in [5.74, 6) is -2.07. The summed E-state index contributed by atoms with van der Waals surface area (Å²) in [6.45, 7) is -0.189. The molecule has 7 heteroatoms. The molecule has 122 valence electrons. The molecule has 1 amide bonds. The lowest BCUT2D eigenvalue weighted by Gasteiger charge is -2.09. The van der Waals surface area contributed by atoms with Crippen LogP contribution in [0.1, 0.15) is 16.1 Å². The normalized spacial score (nSPS) is 10.6.